The molecule has 0 aliphatic carbocycles. The van der Waals surface area contributed by atoms with Crippen molar-refractivity contribution in [1.82, 2.24) is 9.55 Å². The SMILES string of the molecule is COC(=O)[C@H](C)Sc1nc2sc3c(c2c(=O)n1-c1cccc(C)c1)C[C@@H](C(C)C)OC3. The van der Waals surface area contributed by atoms with Crippen LogP contribution >= 0.6 is 23.1 Å². The summed E-state index contributed by atoms with van der Waals surface area (Å²) in [6, 6.07) is 7.76. The van der Waals surface area contributed by atoms with E-state index in [1.165, 1.54) is 30.2 Å². The van der Waals surface area contributed by atoms with Crippen LogP contribution in [0.2, 0.25) is 0 Å². The fourth-order valence-electron chi connectivity index (χ4n) is 3.78. The smallest absolute Gasteiger partial charge is 0.318 e. The molecule has 0 bridgehead atoms. The number of fused-ring (bicyclic) bond motifs is 3. The van der Waals surface area contributed by atoms with Gasteiger partial charge in [-0.05, 0) is 43.0 Å². The minimum absolute atomic E-state index is 0.0884. The first-order chi connectivity index (χ1) is 14.8. The summed E-state index contributed by atoms with van der Waals surface area (Å²) in [7, 11) is 1.36. The number of carbonyl (C=O) groups is 1. The predicted octanol–water partition coefficient (Wildman–Crippen LogP) is 4.51. The first-order valence-corrected chi connectivity index (χ1v) is 12.0. The van der Waals surface area contributed by atoms with Gasteiger partial charge >= 0.3 is 5.97 Å². The number of hydrogen-bond acceptors (Lipinski definition) is 7. The second kappa shape index (κ2) is 8.76. The molecule has 0 fully saturated rings. The van der Waals surface area contributed by atoms with Crippen molar-refractivity contribution in [2.75, 3.05) is 7.11 Å². The molecule has 0 amide bonds. The second-order valence-corrected chi connectivity index (χ2v) is 10.5. The number of aromatic nitrogens is 2. The Morgan fingerprint density at radius 1 is 1.35 bits per heavy atom. The van der Waals surface area contributed by atoms with Crippen LogP contribution in [-0.4, -0.2) is 34.0 Å². The number of esters is 1. The molecule has 31 heavy (non-hydrogen) atoms. The van der Waals surface area contributed by atoms with Gasteiger partial charge in [0.25, 0.3) is 5.56 Å². The Morgan fingerprint density at radius 3 is 2.81 bits per heavy atom. The van der Waals surface area contributed by atoms with Crippen molar-refractivity contribution < 1.29 is 14.3 Å². The van der Waals surface area contributed by atoms with Crippen LogP contribution in [0.25, 0.3) is 15.9 Å². The number of hydrogen-bond donors (Lipinski definition) is 0. The molecular formula is C23H26N2O4S2. The Hall–Kier alpha value is -2.16. The van der Waals surface area contributed by atoms with Crippen LogP contribution in [0.5, 0.6) is 0 Å². The summed E-state index contributed by atoms with van der Waals surface area (Å²) in [6.45, 7) is 8.52. The van der Waals surface area contributed by atoms with Gasteiger partial charge in [-0.25, -0.2) is 4.98 Å². The summed E-state index contributed by atoms with van der Waals surface area (Å²) in [5.74, 6) is 0.0135. The van der Waals surface area contributed by atoms with Crippen LogP contribution in [-0.2, 0) is 27.3 Å². The van der Waals surface area contributed by atoms with Gasteiger partial charge in [0.15, 0.2) is 5.16 Å². The number of benzene rings is 1. The molecule has 164 valence electrons. The van der Waals surface area contributed by atoms with E-state index in [0.717, 1.165) is 21.7 Å². The van der Waals surface area contributed by atoms with Crippen molar-refractivity contribution in [3.63, 3.8) is 0 Å². The van der Waals surface area contributed by atoms with E-state index in [4.69, 9.17) is 14.5 Å². The third-order valence-corrected chi connectivity index (χ3v) is 7.66. The molecule has 3 heterocycles. The molecule has 0 unspecified atom stereocenters. The van der Waals surface area contributed by atoms with E-state index in [1.54, 1.807) is 11.5 Å². The number of methoxy groups -OCH3 is 1. The standard InChI is InChI=1S/C23H26N2O4S2/c1-12(2)17-10-16-18(11-29-17)31-20-19(16)21(26)25(15-8-6-7-13(3)9-15)23(24-20)30-14(4)22(27)28-5/h6-9,12,14,17H,10-11H2,1-5H3/t14-,17-/m0/s1. The van der Waals surface area contributed by atoms with Crippen LogP contribution in [0.15, 0.2) is 34.2 Å². The highest BCUT2D eigenvalue weighted by molar-refractivity contribution is 8.00. The van der Waals surface area contributed by atoms with Gasteiger partial charge in [-0.15, -0.1) is 11.3 Å². The molecule has 3 aromatic rings. The Kier molecular flexibility index (Phi) is 6.23. The largest absolute Gasteiger partial charge is 0.468 e. The van der Waals surface area contributed by atoms with Gasteiger partial charge in [0, 0.05) is 11.3 Å². The summed E-state index contributed by atoms with van der Waals surface area (Å²) in [5, 5.41) is 0.667. The van der Waals surface area contributed by atoms with E-state index in [0.29, 0.717) is 34.3 Å². The molecule has 1 aromatic carbocycles. The molecule has 2 atom stereocenters. The van der Waals surface area contributed by atoms with E-state index in [-0.39, 0.29) is 17.6 Å². The number of ether oxygens (including phenoxy) is 2. The lowest BCUT2D eigenvalue weighted by Crippen LogP contribution is -2.28. The van der Waals surface area contributed by atoms with E-state index in [1.807, 2.05) is 31.2 Å². The van der Waals surface area contributed by atoms with Gasteiger partial charge in [-0.1, -0.05) is 37.7 Å². The molecular weight excluding hydrogens is 432 g/mol. The fraction of sp³-hybridized carbons (Fsp3) is 0.435. The van der Waals surface area contributed by atoms with Crippen molar-refractivity contribution in [1.29, 1.82) is 0 Å². The van der Waals surface area contributed by atoms with Crippen molar-refractivity contribution in [3.05, 3.63) is 50.6 Å². The molecule has 6 nitrogen and oxygen atoms in total. The van der Waals surface area contributed by atoms with Gasteiger partial charge in [-0.2, -0.15) is 0 Å². The fourth-order valence-corrected chi connectivity index (χ4v) is 5.90. The number of rotatable bonds is 5. The number of thioether (sulfide) groups is 1. The van der Waals surface area contributed by atoms with Gasteiger partial charge in [0.2, 0.25) is 0 Å². The van der Waals surface area contributed by atoms with E-state index in [2.05, 4.69) is 13.8 Å². The number of nitrogens with zero attached hydrogens (tertiary/aromatic N) is 2. The molecule has 0 N–H and O–H groups in total. The topological polar surface area (TPSA) is 70.4 Å². The Labute approximate surface area is 189 Å². The lowest BCUT2D eigenvalue weighted by atomic mass is 9.96. The van der Waals surface area contributed by atoms with Crippen LogP contribution in [0.4, 0.5) is 0 Å². The summed E-state index contributed by atoms with van der Waals surface area (Å²) < 4.78 is 12.5. The van der Waals surface area contributed by atoms with Gasteiger partial charge < -0.3 is 9.47 Å². The van der Waals surface area contributed by atoms with Gasteiger partial charge in [0.05, 0.1) is 30.9 Å². The van der Waals surface area contributed by atoms with Crippen LogP contribution in [0.1, 0.15) is 36.8 Å². The third-order valence-electron chi connectivity index (χ3n) is 5.53. The van der Waals surface area contributed by atoms with E-state index >= 15 is 0 Å². The van der Waals surface area contributed by atoms with E-state index < -0.39 is 5.25 Å². The minimum atomic E-state index is -0.492. The summed E-state index contributed by atoms with van der Waals surface area (Å²) >= 11 is 2.75. The zero-order chi connectivity index (χ0) is 22.3. The number of aryl methyl sites for hydroxylation is 1. The maximum atomic E-state index is 13.9. The summed E-state index contributed by atoms with van der Waals surface area (Å²) in [5.41, 5.74) is 2.74. The normalized spacial score (nSPS) is 17.0. The molecule has 0 saturated carbocycles. The average molecular weight is 459 g/mol. The van der Waals surface area contributed by atoms with Gasteiger partial charge in [0.1, 0.15) is 10.1 Å². The van der Waals surface area contributed by atoms with Crippen molar-refractivity contribution in [2.45, 2.75) is 57.2 Å². The highest BCUT2D eigenvalue weighted by atomic mass is 32.2. The van der Waals surface area contributed by atoms with Crippen LogP contribution in [0.3, 0.4) is 0 Å². The minimum Gasteiger partial charge on any atom is -0.468 e. The summed E-state index contributed by atoms with van der Waals surface area (Å²) in [6.07, 6.45) is 0.800. The number of carbonyl (C=O) groups excluding carboxylic acids is 1. The maximum Gasteiger partial charge on any atom is 0.318 e. The molecule has 0 spiro atoms. The first-order valence-electron chi connectivity index (χ1n) is 10.3. The molecule has 0 radical (unpaired) electrons. The quantitative estimate of drug-likeness (QED) is 0.318. The molecule has 1 aliphatic heterocycles. The third kappa shape index (κ3) is 4.16. The predicted molar refractivity (Wildman–Crippen MR) is 124 cm³/mol. The van der Waals surface area contributed by atoms with E-state index in [9.17, 15) is 9.59 Å². The van der Waals surface area contributed by atoms with Crippen LogP contribution < -0.4 is 5.56 Å². The molecule has 4 rings (SSSR count). The van der Waals surface area contributed by atoms with Gasteiger partial charge in [-0.3, -0.25) is 14.2 Å². The van der Waals surface area contributed by atoms with Crippen molar-refractivity contribution in [3.8, 4) is 5.69 Å². The summed E-state index contributed by atoms with van der Waals surface area (Å²) in [4.78, 5) is 32.5. The Morgan fingerprint density at radius 2 is 2.13 bits per heavy atom. The van der Waals surface area contributed by atoms with Crippen molar-refractivity contribution >= 4 is 39.3 Å². The molecule has 1 aliphatic rings. The Bertz CT molecular complexity index is 1200. The lowest BCUT2D eigenvalue weighted by molar-refractivity contribution is -0.139. The molecule has 0 saturated heterocycles. The second-order valence-electron chi connectivity index (χ2n) is 8.14. The molecule has 2 aromatic heterocycles. The van der Waals surface area contributed by atoms with Crippen LogP contribution in [0, 0.1) is 12.8 Å². The molecule has 8 heteroatoms. The number of thiophene rings is 1. The first kappa shape index (κ1) is 22.0. The highest BCUT2D eigenvalue weighted by Crippen LogP contribution is 2.36. The zero-order valence-corrected chi connectivity index (χ0v) is 19.9. The monoisotopic (exact) mass is 458 g/mol. The zero-order valence-electron chi connectivity index (χ0n) is 18.3. The lowest BCUT2D eigenvalue weighted by Gasteiger charge is -2.26. The highest BCUT2D eigenvalue weighted by Gasteiger charge is 2.29. The maximum absolute atomic E-state index is 13.9. The van der Waals surface area contributed by atoms with Crippen molar-refractivity contribution in [2.24, 2.45) is 5.92 Å². The Balaban J connectivity index is 1.93. The average Bonchev–Trinajstić information content (AvgIpc) is 3.10.